The number of amides is 1. The van der Waals surface area contributed by atoms with Gasteiger partial charge < -0.3 is 14.6 Å². The van der Waals surface area contributed by atoms with Gasteiger partial charge in [-0.1, -0.05) is 16.8 Å². The van der Waals surface area contributed by atoms with E-state index < -0.39 is 15.9 Å². The standard InChI is InChI=1S/C19H19ClN4O5S/c1-24(30(26,27)16-9-7-15(28-2)8-10-16)12-17(25)21-11-18-22-19(23-29-18)13-3-5-14(20)6-4-13/h3-10H,11-12H2,1-2H3,(H,21,25). The molecule has 1 N–H and O–H groups in total. The molecule has 1 amide bonds. The van der Waals surface area contributed by atoms with E-state index in [1.54, 1.807) is 24.3 Å². The zero-order valence-corrected chi connectivity index (χ0v) is 17.8. The van der Waals surface area contributed by atoms with Crippen molar-refractivity contribution in [3.63, 3.8) is 0 Å². The third-order valence-electron chi connectivity index (χ3n) is 4.14. The third-order valence-corrected chi connectivity index (χ3v) is 6.21. The highest BCUT2D eigenvalue weighted by atomic mass is 35.5. The van der Waals surface area contributed by atoms with Gasteiger partial charge >= 0.3 is 0 Å². The predicted molar refractivity (Wildman–Crippen MR) is 109 cm³/mol. The molecule has 11 heteroatoms. The van der Waals surface area contributed by atoms with Crippen molar-refractivity contribution < 1.29 is 22.5 Å². The second-order valence-electron chi connectivity index (χ2n) is 6.23. The number of hydrogen-bond donors (Lipinski definition) is 1. The first kappa shape index (κ1) is 21.8. The van der Waals surface area contributed by atoms with Crippen molar-refractivity contribution in [2.75, 3.05) is 20.7 Å². The molecule has 0 aliphatic heterocycles. The van der Waals surface area contributed by atoms with Crippen LogP contribution in [0.5, 0.6) is 5.75 Å². The van der Waals surface area contributed by atoms with Crippen LogP contribution in [-0.2, 0) is 21.4 Å². The first-order chi connectivity index (χ1) is 14.3. The molecule has 1 aromatic heterocycles. The van der Waals surface area contributed by atoms with Crippen LogP contribution in [0.4, 0.5) is 0 Å². The van der Waals surface area contributed by atoms with E-state index in [0.717, 1.165) is 4.31 Å². The number of carbonyl (C=O) groups excluding carboxylic acids is 1. The molecule has 0 fully saturated rings. The van der Waals surface area contributed by atoms with E-state index in [2.05, 4.69) is 15.5 Å². The van der Waals surface area contributed by atoms with Crippen molar-refractivity contribution in [1.29, 1.82) is 0 Å². The van der Waals surface area contributed by atoms with Gasteiger partial charge in [-0.3, -0.25) is 4.79 Å². The number of aromatic nitrogens is 2. The van der Waals surface area contributed by atoms with Crippen molar-refractivity contribution in [2.24, 2.45) is 0 Å². The topological polar surface area (TPSA) is 115 Å². The summed E-state index contributed by atoms with van der Waals surface area (Å²) in [4.78, 5) is 16.4. The van der Waals surface area contributed by atoms with Crippen LogP contribution in [-0.4, -0.2) is 49.5 Å². The summed E-state index contributed by atoms with van der Waals surface area (Å²) >= 11 is 5.85. The Labute approximate surface area is 178 Å². The molecule has 0 aliphatic carbocycles. The maximum atomic E-state index is 12.6. The van der Waals surface area contributed by atoms with E-state index in [1.807, 2.05) is 0 Å². The number of nitrogens with one attached hydrogen (secondary N) is 1. The first-order valence-corrected chi connectivity index (χ1v) is 10.6. The first-order valence-electron chi connectivity index (χ1n) is 8.75. The van der Waals surface area contributed by atoms with E-state index in [4.69, 9.17) is 20.9 Å². The minimum absolute atomic E-state index is 0.0319. The van der Waals surface area contributed by atoms with Gasteiger partial charge in [0.05, 0.1) is 25.1 Å². The zero-order valence-electron chi connectivity index (χ0n) is 16.2. The number of sulfonamides is 1. The van der Waals surface area contributed by atoms with Gasteiger partial charge in [0.25, 0.3) is 0 Å². The van der Waals surface area contributed by atoms with E-state index >= 15 is 0 Å². The van der Waals surface area contributed by atoms with Crippen LogP contribution in [0.25, 0.3) is 11.4 Å². The van der Waals surface area contributed by atoms with E-state index in [9.17, 15) is 13.2 Å². The molecule has 0 saturated carbocycles. The van der Waals surface area contributed by atoms with Crippen LogP contribution >= 0.6 is 11.6 Å². The van der Waals surface area contributed by atoms with Gasteiger partial charge in [0.2, 0.25) is 27.6 Å². The molecule has 2 aromatic carbocycles. The summed E-state index contributed by atoms with van der Waals surface area (Å²) in [5, 5.41) is 7.00. The van der Waals surface area contributed by atoms with Crippen LogP contribution < -0.4 is 10.1 Å². The fraction of sp³-hybridized carbons (Fsp3) is 0.211. The molecular weight excluding hydrogens is 432 g/mol. The summed E-state index contributed by atoms with van der Waals surface area (Å²) in [7, 11) is -1.01. The fourth-order valence-corrected chi connectivity index (χ4v) is 3.74. The van der Waals surface area contributed by atoms with E-state index in [-0.39, 0.29) is 23.9 Å². The Morgan fingerprint density at radius 3 is 2.47 bits per heavy atom. The number of likely N-dealkylation sites (N-methyl/N-ethyl adjacent to an activating group) is 1. The van der Waals surface area contributed by atoms with Crippen molar-refractivity contribution in [2.45, 2.75) is 11.4 Å². The lowest BCUT2D eigenvalue weighted by Gasteiger charge is -2.16. The second-order valence-corrected chi connectivity index (χ2v) is 8.71. The molecule has 3 aromatic rings. The van der Waals surface area contributed by atoms with Crippen molar-refractivity contribution >= 4 is 27.5 Å². The smallest absolute Gasteiger partial charge is 0.246 e. The van der Waals surface area contributed by atoms with Crippen LogP contribution in [0.1, 0.15) is 5.89 Å². The summed E-state index contributed by atoms with van der Waals surface area (Å²) in [5.41, 5.74) is 0.714. The average molecular weight is 451 g/mol. The highest BCUT2D eigenvalue weighted by molar-refractivity contribution is 7.89. The summed E-state index contributed by atoms with van der Waals surface area (Å²) in [6, 6.07) is 12.8. The molecule has 0 atom stereocenters. The molecule has 9 nitrogen and oxygen atoms in total. The fourth-order valence-electron chi connectivity index (χ4n) is 2.49. The molecule has 0 bridgehead atoms. The Kier molecular flexibility index (Phi) is 6.70. The van der Waals surface area contributed by atoms with Gasteiger partial charge in [-0.25, -0.2) is 8.42 Å². The molecular formula is C19H19ClN4O5S. The highest BCUT2D eigenvalue weighted by Gasteiger charge is 2.23. The van der Waals surface area contributed by atoms with Gasteiger partial charge in [0.15, 0.2) is 0 Å². The van der Waals surface area contributed by atoms with Gasteiger partial charge in [-0.15, -0.1) is 0 Å². The lowest BCUT2D eigenvalue weighted by molar-refractivity contribution is -0.121. The zero-order chi connectivity index (χ0) is 21.7. The van der Waals surface area contributed by atoms with Crippen LogP contribution in [0.2, 0.25) is 5.02 Å². The molecule has 0 aliphatic rings. The third kappa shape index (κ3) is 5.15. The summed E-state index contributed by atoms with van der Waals surface area (Å²) in [6.45, 7) is -0.400. The highest BCUT2D eigenvalue weighted by Crippen LogP contribution is 2.19. The number of rotatable bonds is 8. The summed E-state index contributed by atoms with van der Waals surface area (Å²) in [5.74, 6) is 0.566. The second kappa shape index (κ2) is 9.24. The Hall–Kier alpha value is -2.95. The molecule has 158 valence electrons. The molecule has 30 heavy (non-hydrogen) atoms. The van der Waals surface area contributed by atoms with Gasteiger partial charge in [0, 0.05) is 17.6 Å². The van der Waals surface area contributed by atoms with Crippen LogP contribution in [0.3, 0.4) is 0 Å². The Bertz CT molecular complexity index is 1110. The maximum Gasteiger partial charge on any atom is 0.246 e. The minimum Gasteiger partial charge on any atom is -0.497 e. The van der Waals surface area contributed by atoms with Gasteiger partial charge in [-0.05, 0) is 48.5 Å². The molecule has 3 rings (SSSR count). The van der Waals surface area contributed by atoms with Crippen molar-refractivity contribution in [1.82, 2.24) is 19.8 Å². The molecule has 0 unspecified atom stereocenters. The van der Waals surface area contributed by atoms with Crippen molar-refractivity contribution in [3.8, 4) is 17.1 Å². The Morgan fingerprint density at radius 1 is 1.17 bits per heavy atom. The monoisotopic (exact) mass is 450 g/mol. The number of ether oxygens (including phenoxy) is 1. The summed E-state index contributed by atoms with van der Waals surface area (Å²) < 4.78 is 36.2. The van der Waals surface area contributed by atoms with Gasteiger partial charge in [-0.2, -0.15) is 9.29 Å². The van der Waals surface area contributed by atoms with Crippen LogP contribution in [0.15, 0.2) is 57.9 Å². The number of carbonyl (C=O) groups is 1. The average Bonchev–Trinajstić information content (AvgIpc) is 3.22. The molecule has 0 saturated heterocycles. The maximum absolute atomic E-state index is 12.6. The number of methoxy groups -OCH3 is 1. The lowest BCUT2D eigenvalue weighted by Crippen LogP contribution is -2.38. The molecule has 0 spiro atoms. The largest absolute Gasteiger partial charge is 0.497 e. The number of benzene rings is 2. The SMILES string of the molecule is COc1ccc(S(=O)(=O)N(C)CC(=O)NCc2nc(-c3ccc(Cl)cc3)no2)cc1. The van der Waals surface area contributed by atoms with E-state index in [0.29, 0.717) is 22.2 Å². The van der Waals surface area contributed by atoms with Crippen molar-refractivity contribution in [3.05, 3.63) is 59.4 Å². The number of hydrogen-bond acceptors (Lipinski definition) is 7. The van der Waals surface area contributed by atoms with Gasteiger partial charge in [0.1, 0.15) is 5.75 Å². The van der Waals surface area contributed by atoms with Crippen LogP contribution in [0, 0.1) is 0 Å². The number of nitrogens with zero attached hydrogens (tertiary/aromatic N) is 3. The minimum atomic E-state index is -3.82. The summed E-state index contributed by atoms with van der Waals surface area (Å²) in [6.07, 6.45) is 0. The number of halogens is 1. The lowest BCUT2D eigenvalue weighted by atomic mass is 10.2. The Balaban J connectivity index is 1.57. The predicted octanol–water partition coefficient (Wildman–Crippen LogP) is 2.34. The molecule has 1 heterocycles. The van der Waals surface area contributed by atoms with E-state index in [1.165, 1.54) is 38.4 Å². The molecule has 0 radical (unpaired) electrons. The quantitative estimate of drug-likeness (QED) is 0.560. The Morgan fingerprint density at radius 2 is 1.83 bits per heavy atom. The normalized spacial score (nSPS) is 11.5.